The van der Waals surface area contributed by atoms with Crippen LogP contribution in [0.3, 0.4) is 0 Å². The molecule has 0 radical (unpaired) electrons. The minimum atomic E-state index is -0.0539. The maximum absolute atomic E-state index is 12.2. The maximum Gasteiger partial charge on any atom is 0.244 e. The van der Waals surface area contributed by atoms with E-state index in [0.29, 0.717) is 5.02 Å². The molecule has 3 nitrogen and oxygen atoms in total. The van der Waals surface area contributed by atoms with Gasteiger partial charge in [0.2, 0.25) is 5.91 Å². The summed E-state index contributed by atoms with van der Waals surface area (Å²) in [5, 5.41) is 4.60. The summed E-state index contributed by atoms with van der Waals surface area (Å²) in [6.45, 7) is 2.23. The summed E-state index contributed by atoms with van der Waals surface area (Å²) >= 11 is 6.14. The SMILES string of the molecule is Cc1ccccc1NC(=O)Cn1ccc2c(Cl)cccc21. The molecule has 0 saturated heterocycles. The van der Waals surface area contributed by atoms with E-state index in [9.17, 15) is 4.79 Å². The monoisotopic (exact) mass is 298 g/mol. The van der Waals surface area contributed by atoms with Crippen LogP contribution in [-0.4, -0.2) is 10.5 Å². The fourth-order valence-electron chi connectivity index (χ4n) is 2.38. The first-order chi connectivity index (χ1) is 10.1. The normalized spacial score (nSPS) is 10.8. The molecular weight excluding hydrogens is 284 g/mol. The van der Waals surface area contributed by atoms with Gasteiger partial charge in [0.05, 0.1) is 0 Å². The molecule has 0 unspecified atom stereocenters. The van der Waals surface area contributed by atoms with Crippen LogP contribution >= 0.6 is 11.6 Å². The lowest BCUT2D eigenvalue weighted by Crippen LogP contribution is -2.18. The second kappa shape index (κ2) is 5.62. The van der Waals surface area contributed by atoms with E-state index < -0.39 is 0 Å². The van der Waals surface area contributed by atoms with Gasteiger partial charge in [-0.1, -0.05) is 35.9 Å². The van der Waals surface area contributed by atoms with Crippen LogP contribution in [0.15, 0.2) is 54.7 Å². The van der Waals surface area contributed by atoms with Crippen molar-refractivity contribution in [2.45, 2.75) is 13.5 Å². The molecule has 0 aliphatic carbocycles. The molecule has 0 fully saturated rings. The Hall–Kier alpha value is -2.26. The number of carbonyl (C=O) groups excluding carboxylic acids is 1. The first-order valence-corrected chi connectivity index (χ1v) is 7.12. The molecule has 1 heterocycles. The summed E-state index contributed by atoms with van der Waals surface area (Å²) in [6, 6.07) is 15.4. The van der Waals surface area contributed by atoms with Crippen molar-refractivity contribution in [1.29, 1.82) is 0 Å². The molecule has 1 aromatic heterocycles. The Morgan fingerprint density at radius 2 is 1.95 bits per heavy atom. The number of benzene rings is 2. The van der Waals surface area contributed by atoms with Crippen LogP contribution in [0.5, 0.6) is 0 Å². The third-order valence-corrected chi connectivity index (χ3v) is 3.82. The number of hydrogen-bond donors (Lipinski definition) is 1. The number of amides is 1. The molecule has 0 bridgehead atoms. The third kappa shape index (κ3) is 2.78. The molecule has 4 heteroatoms. The molecule has 3 aromatic rings. The molecule has 0 spiro atoms. The molecule has 0 saturated carbocycles. The Morgan fingerprint density at radius 1 is 1.14 bits per heavy atom. The van der Waals surface area contributed by atoms with Gasteiger partial charge in [-0.3, -0.25) is 4.79 Å². The lowest BCUT2D eigenvalue weighted by Gasteiger charge is -2.09. The van der Waals surface area contributed by atoms with E-state index in [1.165, 1.54) is 0 Å². The molecule has 0 atom stereocenters. The second-order valence-electron chi connectivity index (χ2n) is 4.98. The number of rotatable bonds is 3. The minimum Gasteiger partial charge on any atom is -0.338 e. The standard InChI is InChI=1S/C17H15ClN2O/c1-12-5-2-3-7-15(12)19-17(21)11-20-10-9-13-14(18)6-4-8-16(13)20/h2-10H,11H2,1H3,(H,19,21). The van der Waals surface area contributed by atoms with Gasteiger partial charge in [0.25, 0.3) is 0 Å². The average Bonchev–Trinajstić information content (AvgIpc) is 2.86. The van der Waals surface area contributed by atoms with E-state index in [-0.39, 0.29) is 12.5 Å². The highest BCUT2D eigenvalue weighted by molar-refractivity contribution is 6.35. The van der Waals surface area contributed by atoms with Gasteiger partial charge in [0.1, 0.15) is 6.54 Å². The molecule has 0 aliphatic heterocycles. The molecule has 1 N–H and O–H groups in total. The quantitative estimate of drug-likeness (QED) is 0.771. The zero-order valence-corrected chi connectivity index (χ0v) is 12.4. The van der Waals surface area contributed by atoms with Crippen molar-refractivity contribution < 1.29 is 4.79 Å². The summed E-state index contributed by atoms with van der Waals surface area (Å²) < 4.78 is 1.90. The van der Waals surface area contributed by atoms with Crippen molar-refractivity contribution in [3.8, 4) is 0 Å². The van der Waals surface area contributed by atoms with Gasteiger partial charge in [0, 0.05) is 27.8 Å². The number of carbonyl (C=O) groups is 1. The number of nitrogens with zero attached hydrogens (tertiary/aromatic N) is 1. The van der Waals surface area contributed by atoms with Crippen LogP contribution in [0.2, 0.25) is 5.02 Å². The summed E-state index contributed by atoms with van der Waals surface area (Å²) in [4.78, 5) is 12.2. The summed E-state index contributed by atoms with van der Waals surface area (Å²) in [7, 11) is 0. The number of halogens is 1. The van der Waals surface area contributed by atoms with Crippen molar-refractivity contribution in [1.82, 2.24) is 4.57 Å². The van der Waals surface area contributed by atoms with Gasteiger partial charge < -0.3 is 9.88 Å². The zero-order chi connectivity index (χ0) is 14.8. The predicted molar refractivity (Wildman–Crippen MR) is 86.8 cm³/mol. The predicted octanol–water partition coefficient (Wildman–Crippen LogP) is 4.24. The van der Waals surface area contributed by atoms with Crippen LogP contribution in [-0.2, 0) is 11.3 Å². The average molecular weight is 299 g/mol. The van der Waals surface area contributed by atoms with Crippen molar-refractivity contribution in [3.05, 3.63) is 65.3 Å². The van der Waals surface area contributed by atoms with Gasteiger partial charge in [-0.2, -0.15) is 0 Å². The number of anilines is 1. The van der Waals surface area contributed by atoms with Crippen LogP contribution < -0.4 is 5.32 Å². The summed E-state index contributed by atoms with van der Waals surface area (Å²) in [5.41, 5.74) is 2.85. The topological polar surface area (TPSA) is 34.0 Å². The number of para-hydroxylation sites is 1. The largest absolute Gasteiger partial charge is 0.338 e. The first-order valence-electron chi connectivity index (χ1n) is 6.74. The summed E-state index contributed by atoms with van der Waals surface area (Å²) in [6.07, 6.45) is 1.88. The highest BCUT2D eigenvalue weighted by Crippen LogP contribution is 2.24. The summed E-state index contributed by atoms with van der Waals surface area (Å²) in [5.74, 6) is -0.0539. The number of nitrogens with one attached hydrogen (secondary N) is 1. The number of fused-ring (bicyclic) bond motifs is 1. The molecule has 21 heavy (non-hydrogen) atoms. The fourth-order valence-corrected chi connectivity index (χ4v) is 2.61. The number of aromatic nitrogens is 1. The van der Waals surface area contributed by atoms with E-state index >= 15 is 0 Å². The van der Waals surface area contributed by atoms with Crippen molar-refractivity contribution in [3.63, 3.8) is 0 Å². The van der Waals surface area contributed by atoms with E-state index in [0.717, 1.165) is 22.2 Å². The van der Waals surface area contributed by atoms with Gasteiger partial charge in [-0.25, -0.2) is 0 Å². The molecule has 3 rings (SSSR count). The van der Waals surface area contributed by atoms with Crippen molar-refractivity contribution in [2.75, 3.05) is 5.32 Å². The van der Waals surface area contributed by atoms with Crippen LogP contribution in [0.25, 0.3) is 10.9 Å². The molecule has 0 aliphatic rings. The Balaban J connectivity index is 1.81. The maximum atomic E-state index is 12.2. The van der Waals surface area contributed by atoms with Crippen molar-refractivity contribution in [2.24, 2.45) is 0 Å². The Kier molecular flexibility index (Phi) is 3.67. The van der Waals surface area contributed by atoms with Gasteiger partial charge in [0.15, 0.2) is 0 Å². The minimum absolute atomic E-state index is 0.0539. The molecule has 106 valence electrons. The van der Waals surface area contributed by atoms with E-state index in [4.69, 9.17) is 11.6 Å². The lowest BCUT2D eigenvalue weighted by molar-refractivity contribution is -0.116. The van der Waals surface area contributed by atoms with E-state index in [1.54, 1.807) is 0 Å². The Morgan fingerprint density at radius 3 is 2.76 bits per heavy atom. The van der Waals surface area contributed by atoms with Crippen LogP contribution in [0.1, 0.15) is 5.56 Å². The fraction of sp³-hybridized carbons (Fsp3) is 0.118. The molecule has 2 aromatic carbocycles. The smallest absolute Gasteiger partial charge is 0.244 e. The zero-order valence-electron chi connectivity index (χ0n) is 11.6. The van der Waals surface area contributed by atoms with Gasteiger partial charge in [-0.05, 0) is 36.8 Å². The van der Waals surface area contributed by atoms with Gasteiger partial charge >= 0.3 is 0 Å². The third-order valence-electron chi connectivity index (χ3n) is 3.49. The Labute approximate surface area is 128 Å². The van der Waals surface area contributed by atoms with Crippen LogP contribution in [0.4, 0.5) is 5.69 Å². The highest BCUT2D eigenvalue weighted by atomic mass is 35.5. The Bertz CT molecular complexity index is 807. The highest BCUT2D eigenvalue weighted by Gasteiger charge is 2.09. The number of aryl methyl sites for hydroxylation is 1. The van der Waals surface area contributed by atoms with E-state index in [2.05, 4.69) is 5.32 Å². The van der Waals surface area contributed by atoms with Crippen molar-refractivity contribution >= 4 is 34.1 Å². The number of hydrogen-bond acceptors (Lipinski definition) is 1. The van der Waals surface area contributed by atoms with E-state index in [1.807, 2.05) is 66.2 Å². The lowest BCUT2D eigenvalue weighted by atomic mass is 10.2. The molecule has 1 amide bonds. The second-order valence-corrected chi connectivity index (χ2v) is 5.39. The van der Waals surface area contributed by atoms with Crippen LogP contribution in [0, 0.1) is 6.92 Å². The first kappa shape index (κ1) is 13.7. The molecular formula is C17H15ClN2O. The van der Waals surface area contributed by atoms with Gasteiger partial charge in [-0.15, -0.1) is 0 Å².